The molecule has 9 heteroatoms. The van der Waals surface area contributed by atoms with Gasteiger partial charge in [0.05, 0.1) is 17.6 Å². The van der Waals surface area contributed by atoms with E-state index in [2.05, 4.69) is 24.1 Å². The predicted octanol–water partition coefficient (Wildman–Crippen LogP) is 4.35. The number of hydrogen-bond donors (Lipinski definition) is 1. The van der Waals surface area contributed by atoms with E-state index in [9.17, 15) is 13.2 Å². The number of carbonyl (C=O) groups excluding carboxylic acids is 1. The van der Waals surface area contributed by atoms with Gasteiger partial charge in [-0.1, -0.05) is 38.1 Å². The highest BCUT2D eigenvalue weighted by Gasteiger charge is 2.13. The highest BCUT2D eigenvalue weighted by molar-refractivity contribution is 7.92. The Bertz CT molecular complexity index is 1140. The minimum atomic E-state index is -3.31. The summed E-state index contributed by atoms with van der Waals surface area (Å²) in [6.45, 7) is 4.13. The average Bonchev–Trinajstić information content (AvgIpc) is 3.20. The summed E-state index contributed by atoms with van der Waals surface area (Å²) in [5.74, 6) is 0.783. The predicted molar refractivity (Wildman–Crippen MR) is 125 cm³/mol. The van der Waals surface area contributed by atoms with Crippen LogP contribution in [0.5, 0.6) is 5.75 Å². The number of ether oxygens (including phenoxy) is 1. The summed E-state index contributed by atoms with van der Waals surface area (Å²) >= 11 is 1.31. The number of aromatic nitrogens is 1. The van der Waals surface area contributed by atoms with Gasteiger partial charge in [0.15, 0.2) is 11.7 Å². The van der Waals surface area contributed by atoms with E-state index in [-0.39, 0.29) is 12.5 Å². The average molecular weight is 460 g/mol. The van der Waals surface area contributed by atoms with Crippen molar-refractivity contribution in [2.45, 2.75) is 19.8 Å². The molecule has 1 amide bonds. The minimum absolute atomic E-state index is 0.109. The highest BCUT2D eigenvalue weighted by atomic mass is 32.2. The van der Waals surface area contributed by atoms with Gasteiger partial charge in [0.1, 0.15) is 5.75 Å². The van der Waals surface area contributed by atoms with E-state index in [4.69, 9.17) is 4.74 Å². The molecule has 1 aromatic heterocycles. The number of nitrogens with one attached hydrogen (secondary N) is 1. The molecule has 0 fully saturated rings. The van der Waals surface area contributed by atoms with Crippen LogP contribution < -0.4 is 14.4 Å². The second kappa shape index (κ2) is 9.49. The van der Waals surface area contributed by atoms with Gasteiger partial charge in [0.25, 0.3) is 5.91 Å². The van der Waals surface area contributed by atoms with Crippen molar-refractivity contribution in [3.8, 4) is 17.0 Å². The summed E-state index contributed by atoms with van der Waals surface area (Å²) in [5.41, 5.74) is 3.29. The van der Waals surface area contributed by atoms with E-state index < -0.39 is 10.0 Å². The largest absolute Gasteiger partial charge is 0.484 e. The molecule has 0 aliphatic rings. The molecule has 0 aliphatic carbocycles. The van der Waals surface area contributed by atoms with E-state index in [0.29, 0.717) is 28.2 Å². The van der Waals surface area contributed by atoms with E-state index in [1.54, 1.807) is 24.3 Å². The van der Waals surface area contributed by atoms with Crippen LogP contribution in [0.4, 0.5) is 10.8 Å². The number of carbonyl (C=O) groups is 1. The van der Waals surface area contributed by atoms with Gasteiger partial charge < -0.3 is 4.74 Å². The molecule has 3 rings (SSSR count). The summed E-state index contributed by atoms with van der Waals surface area (Å²) in [5, 5.41) is 5.04. The van der Waals surface area contributed by atoms with E-state index >= 15 is 0 Å². The first-order chi connectivity index (χ1) is 14.6. The summed E-state index contributed by atoms with van der Waals surface area (Å²) in [7, 11) is -1.81. The quantitative estimate of drug-likeness (QED) is 0.541. The molecule has 0 atom stereocenters. The summed E-state index contributed by atoms with van der Waals surface area (Å²) in [6.07, 6.45) is 1.15. The SMILES string of the molecule is CC(C)c1ccc(OCC(=O)Nc2nc(-c3ccc(N(C)S(C)(=O)=O)cc3)cs2)cc1. The van der Waals surface area contributed by atoms with Crippen LogP contribution in [-0.4, -0.2) is 39.2 Å². The molecule has 1 N–H and O–H groups in total. The second-order valence-electron chi connectivity index (χ2n) is 7.38. The second-order valence-corrected chi connectivity index (χ2v) is 10.2. The molecule has 164 valence electrons. The van der Waals surface area contributed by atoms with E-state index in [1.165, 1.54) is 28.3 Å². The van der Waals surface area contributed by atoms with E-state index in [0.717, 1.165) is 11.8 Å². The molecule has 0 spiro atoms. The number of anilines is 2. The van der Waals surface area contributed by atoms with Crippen LogP contribution in [-0.2, 0) is 14.8 Å². The fourth-order valence-electron chi connectivity index (χ4n) is 2.75. The monoisotopic (exact) mass is 459 g/mol. The first-order valence-corrected chi connectivity index (χ1v) is 12.4. The normalized spacial score (nSPS) is 11.4. The van der Waals surface area contributed by atoms with Crippen molar-refractivity contribution in [2.24, 2.45) is 0 Å². The first-order valence-electron chi connectivity index (χ1n) is 9.66. The molecule has 1 heterocycles. The standard InChI is InChI=1S/C22H25N3O4S2/c1-15(2)16-7-11-19(12-8-16)29-13-21(26)24-22-23-20(14-30-22)17-5-9-18(10-6-17)25(3)31(4,27)28/h5-12,14-15H,13H2,1-4H3,(H,23,24,26). The molecule has 0 saturated heterocycles. The zero-order chi connectivity index (χ0) is 22.6. The Balaban J connectivity index is 1.57. The summed E-state index contributed by atoms with van der Waals surface area (Å²) < 4.78 is 30.0. The van der Waals surface area contributed by atoms with Crippen LogP contribution in [0.2, 0.25) is 0 Å². The lowest BCUT2D eigenvalue weighted by molar-refractivity contribution is -0.118. The molecule has 0 aliphatic heterocycles. The molecule has 0 radical (unpaired) electrons. The maximum atomic E-state index is 12.2. The molecule has 31 heavy (non-hydrogen) atoms. The fraction of sp³-hybridized carbons (Fsp3) is 0.273. The smallest absolute Gasteiger partial charge is 0.264 e. The Morgan fingerprint density at radius 1 is 1.13 bits per heavy atom. The number of rotatable bonds is 8. The van der Waals surface area contributed by atoms with Crippen LogP contribution in [0.15, 0.2) is 53.9 Å². The van der Waals surface area contributed by atoms with Crippen molar-refractivity contribution in [1.29, 1.82) is 0 Å². The maximum Gasteiger partial charge on any atom is 0.264 e. The van der Waals surface area contributed by atoms with Gasteiger partial charge in [0.2, 0.25) is 10.0 Å². The van der Waals surface area contributed by atoms with Crippen molar-refractivity contribution in [2.75, 3.05) is 29.5 Å². The Hall–Kier alpha value is -2.91. The topological polar surface area (TPSA) is 88.6 Å². The summed E-state index contributed by atoms with van der Waals surface area (Å²) in [4.78, 5) is 16.6. The third kappa shape index (κ3) is 6.05. The van der Waals surface area contributed by atoms with E-state index in [1.807, 2.05) is 29.6 Å². The Morgan fingerprint density at radius 2 is 1.77 bits per heavy atom. The molecule has 0 bridgehead atoms. The van der Waals surface area contributed by atoms with Gasteiger partial charge in [0, 0.05) is 18.0 Å². The lowest BCUT2D eigenvalue weighted by Gasteiger charge is -2.16. The summed E-state index contributed by atoms with van der Waals surface area (Å²) in [6, 6.07) is 14.7. The Morgan fingerprint density at radius 3 is 2.35 bits per heavy atom. The van der Waals surface area contributed by atoms with Crippen molar-refractivity contribution >= 4 is 38.1 Å². The van der Waals surface area contributed by atoms with Crippen LogP contribution in [0.3, 0.4) is 0 Å². The molecule has 0 saturated carbocycles. The zero-order valence-electron chi connectivity index (χ0n) is 17.8. The van der Waals surface area contributed by atoms with Crippen molar-refractivity contribution in [1.82, 2.24) is 4.98 Å². The van der Waals surface area contributed by atoms with Crippen molar-refractivity contribution in [3.05, 3.63) is 59.5 Å². The van der Waals surface area contributed by atoms with Crippen LogP contribution >= 0.6 is 11.3 Å². The van der Waals surface area contributed by atoms with Crippen molar-refractivity contribution < 1.29 is 17.9 Å². The highest BCUT2D eigenvalue weighted by Crippen LogP contribution is 2.27. The van der Waals surface area contributed by atoms with Gasteiger partial charge in [-0.25, -0.2) is 13.4 Å². The number of hydrogen-bond acceptors (Lipinski definition) is 6. The lowest BCUT2D eigenvalue weighted by Crippen LogP contribution is -2.24. The fourth-order valence-corrected chi connectivity index (χ4v) is 3.99. The van der Waals surface area contributed by atoms with Crippen LogP contribution in [0, 0.1) is 0 Å². The zero-order valence-corrected chi connectivity index (χ0v) is 19.5. The maximum absolute atomic E-state index is 12.2. The molecular weight excluding hydrogens is 434 g/mol. The molecule has 3 aromatic rings. The van der Waals surface area contributed by atoms with Crippen LogP contribution in [0.25, 0.3) is 11.3 Å². The van der Waals surface area contributed by atoms with Gasteiger partial charge >= 0.3 is 0 Å². The lowest BCUT2D eigenvalue weighted by atomic mass is 10.0. The molecule has 7 nitrogen and oxygen atoms in total. The van der Waals surface area contributed by atoms with Gasteiger partial charge in [-0.3, -0.25) is 14.4 Å². The number of amides is 1. The number of benzene rings is 2. The van der Waals surface area contributed by atoms with Gasteiger partial charge in [-0.15, -0.1) is 11.3 Å². The van der Waals surface area contributed by atoms with Gasteiger partial charge in [-0.2, -0.15) is 0 Å². The number of nitrogens with zero attached hydrogens (tertiary/aromatic N) is 2. The first kappa shape index (κ1) is 22.8. The van der Waals surface area contributed by atoms with Crippen molar-refractivity contribution in [3.63, 3.8) is 0 Å². The van der Waals surface area contributed by atoms with Gasteiger partial charge in [-0.05, 0) is 35.7 Å². The third-order valence-corrected chi connectivity index (χ3v) is 6.65. The Labute approximate surface area is 186 Å². The minimum Gasteiger partial charge on any atom is -0.484 e. The van der Waals surface area contributed by atoms with Crippen LogP contribution in [0.1, 0.15) is 25.3 Å². The molecular formula is C22H25N3O4S2. The third-order valence-electron chi connectivity index (χ3n) is 4.69. The number of thiazole rings is 1. The Kier molecular flexibility index (Phi) is 6.97. The molecule has 0 unspecified atom stereocenters. The number of sulfonamides is 1. The molecule has 2 aromatic carbocycles.